The second-order valence-electron chi connectivity index (χ2n) is 3.00. The number of hydrogen-bond donors (Lipinski definition) is 2. The van der Waals surface area contributed by atoms with E-state index < -0.39 is 10.2 Å². The van der Waals surface area contributed by atoms with Crippen LogP contribution in [-0.4, -0.2) is 39.4 Å². The molecule has 0 bridgehead atoms. The third-order valence-electron chi connectivity index (χ3n) is 1.87. The Morgan fingerprint density at radius 2 is 2.08 bits per heavy atom. The molecule has 0 aromatic heterocycles. The van der Waals surface area contributed by atoms with Gasteiger partial charge in [0.15, 0.2) is 0 Å². The van der Waals surface area contributed by atoms with E-state index in [-0.39, 0.29) is 5.92 Å². The lowest BCUT2D eigenvalue weighted by Crippen LogP contribution is -2.42. The Bertz CT molecular complexity index is 228. The lowest BCUT2D eigenvalue weighted by Gasteiger charge is -2.22. The summed E-state index contributed by atoms with van der Waals surface area (Å²) in [5, 5.41) is 0. The Kier molecular flexibility index (Phi) is 5.46. The Hall–Kier alpha value is -0.170. The molecule has 0 fully saturated rings. The van der Waals surface area contributed by atoms with Crippen molar-refractivity contribution in [3.63, 3.8) is 0 Å². The molecule has 0 saturated carbocycles. The molecule has 0 aliphatic carbocycles. The molecule has 0 spiro atoms. The summed E-state index contributed by atoms with van der Waals surface area (Å²) in [4.78, 5) is 0. The van der Waals surface area contributed by atoms with Gasteiger partial charge in [0.25, 0.3) is 10.2 Å². The summed E-state index contributed by atoms with van der Waals surface area (Å²) in [6.45, 7) is 5.16. The molecule has 1 atom stereocenters. The van der Waals surface area contributed by atoms with Crippen molar-refractivity contribution in [3.05, 3.63) is 0 Å². The van der Waals surface area contributed by atoms with Gasteiger partial charge in [-0.05, 0) is 12.5 Å². The maximum absolute atomic E-state index is 11.4. The Morgan fingerprint density at radius 3 is 2.38 bits per heavy atom. The van der Waals surface area contributed by atoms with Crippen molar-refractivity contribution in [2.24, 2.45) is 11.7 Å². The maximum Gasteiger partial charge on any atom is 0.279 e. The van der Waals surface area contributed by atoms with Gasteiger partial charge in [-0.3, -0.25) is 0 Å². The van der Waals surface area contributed by atoms with Gasteiger partial charge in [-0.1, -0.05) is 13.8 Å². The minimum atomic E-state index is -3.29. The van der Waals surface area contributed by atoms with Gasteiger partial charge < -0.3 is 5.73 Å². The molecule has 0 radical (unpaired) electrons. The SMILES string of the molecule is CCN(CC(C)CN)S(=O)(=O)NC. The van der Waals surface area contributed by atoms with Crippen LogP contribution < -0.4 is 10.5 Å². The number of hydrogen-bond acceptors (Lipinski definition) is 3. The van der Waals surface area contributed by atoms with Crippen molar-refractivity contribution < 1.29 is 8.42 Å². The molecular weight excluding hydrogens is 190 g/mol. The fourth-order valence-corrected chi connectivity index (χ4v) is 2.00. The van der Waals surface area contributed by atoms with Crippen molar-refractivity contribution in [1.82, 2.24) is 9.03 Å². The summed E-state index contributed by atoms with van der Waals surface area (Å²) in [5.74, 6) is 0.183. The van der Waals surface area contributed by atoms with E-state index in [0.29, 0.717) is 19.6 Å². The van der Waals surface area contributed by atoms with E-state index in [1.807, 2.05) is 6.92 Å². The molecule has 5 nitrogen and oxygen atoms in total. The summed E-state index contributed by atoms with van der Waals surface area (Å²) < 4.78 is 26.4. The second kappa shape index (κ2) is 5.54. The number of nitrogens with two attached hydrogens (primary N) is 1. The van der Waals surface area contributed by atoms with Crippen LogP contribution in [0, 0.1) is 5.92 Å². The summed E-state index contributed by atoms with van der Waals surface area (Å²) in [6, 6.07) is 0. The molecule has 0 aliphatic rings. The Balaban J connectivity index is 4.35. The molecule has 0 heterocycles. The quantitative estimate of drug-likeness (QED) is 0.611. The van der Waals surface area contributed by atoms with Crippen LogP contribution in [0.1, 0.15) is 13.8 Å². The standard InChI is InChI=1S/C7H19N3O2S/c1-4-10(6-7(2)5-8)13(11,12)9-3/h7,9H,4-6,8H2,1-3H3. The predicted molar refractivity (Wildman–Crippen MR) is 53.4 cm³/mol. The van der Waals surface area contributed by atoms with E-state index in [4.69, 9.17) is 5.73 Å². The summed E-state index contributed by atoms with van der Waals surface area (Å²) in [5.41, 5.74) is 5.42. The fraction of sp³-hybridized carbons (Fsp3) is 1.00. The highest BCUT2D eigenvalue weighted by Gasteiger charge is 2.19. The van der Waals surface area contributed by atoms with Gasteiger partial charge in [-0.25, -0.2) is 4.72 Å². The molecular formula is C7H19N3O2S. The molecule has 13 heavy (non-hydrogen) atoms. The molecule has 3 N–H and O–H groups in total. The number of nitrogens with zero attached hydrogens (tertiary/aromatic N) is 1. The fourth-order valence-electron chi connectivity index (χ4n) is 0.948. The highest BCUT2D eigenvalue weighted by Crippen LogP contribution is 2.02. The molecule has 0 rings (SSSR count). The van der Waals surface area contributed by atoms with E-state index in [1.165, 1.54) is 11.4 Å². The van der Waals surface area contributed by atoms with Crippen LogP contribution >= 0.6 is 0 Å². The van der Waals surface area contributed by atoms with Gasteiger partial charge >= 0.3 is 0 Å². The third kappa shape index (κ3) is 4.04. The van der Waals surface area contributed by atoms with Gasteiger partial charge in [-0.2, -0.15) is 12.7 Å². The predicted octanol–water partition coefficient (Wildman–Crippen LogP) is -0.633. The largest absolute Gasteiger partial charge is 0.330 e. The molecule has 0 aromatic rings. The molecule has 0 aromatic carbocycles. The topological polar surface area (TPSA) is 75.4 Å². The van der Waals surface area contributed by atoms with Crippen LogP contribution in [-0.2, 0) is 10.2 Å². The molecule has 80 valence electrons. The molecule has 1 unspecified atom stereocenters. The van der Waals surface area contributed by atoms with E-state index in [0.717, 1.165) is 0 Å². The van der Waals surface area contributed by atoms with Crippen LogP contribution in [0.4, 0.5) is 0 Å². The first-order valence-corrected chi connectivity index (χ1v) is 5.80. The highest BCUT2D eigenvalue weighted by atomic mass is 32.2. The Labute approximate surface area is 80.5 Å². The monoisotopic (exact) mass is 209 g/mol. The number of nitrogens with one attached hydrogen (secondary N) is 1. The van der Waals surface area contributed by atoms with Crippen LogP contribution in [0.3, 0.4) is 0 Å². The van der Waals surface area contributed by atoms with Crippen LogP contribution in [0.15, 0.2) is 0 Å². The van der Waals surface area contributed by atoms with Crippen LogP contribution in [0.5, 0.6) is 0 Å². The van der Waals surface area contributed by atoms with Gasteiger partial charge in [0, 0.05) is 20.1 Å². The first kappa shape index (κ1) is 12.8. The third-order valence-corrected chi connectivity index (χ3v) is 3.47. The minimum absolute atomic E-state index is 0.183. The number of rotatable bonds is 6. The lowest BCUT2D eigenvalue weighted by atomic mass is 10.2. The average molecular weight is 209 g/mol. The van der Waals surface area contributed by atoms with E-state index >= 15 is 0 Å². The van der Waals surface area contributed by atoms with E-state index in [1.54, 1.807) is 6.92 Å². The van der Waals surface area contributed by atoms with E-state index in [2.05, 4.69) is 4.72 Å². The van der Waals surface area contributed by atoms with E-state index in [9.17, 15) is 8.42 Å². The lowest BCUT2D eigenvalue weighted by molar-refractivity contribution is 0.367. The minimum Gasteiger partial charge on any atom is -0.330 e. The summed E-state index contributed by atoms with van der Waals surface area (Å²) in [6.07, 6.45) is 0. The zero-order chi connectivity index (χ0) is 10.5. The smallest absolute Gasteiger partial charge is 0.279 e. The van der Waals surface area contributed by atoms with Crippen molar-refractivity contribution in [2.45, 2.75) is 13.8 Å². The maximum atomic E-state index is 11.4. The highest BCUT2D eigenvalue weighted by molar-refractivity contribution is 7.87. The van der Waals surface area contributed by atoms with Crippen molar-refractivity contribution >= 4 is 10.2 Å². The van der Waals surface area contributed by atoms with Gasteiger partial charge in [0.2, 0.25) is 0 Å². The molecule has 0 amide bonds. The van der Waals surface area contributed by atoms with Crippen LogP contribution in [0.25, 0.3) is 0 Å². The molecule has 6 heteroatoms. The Morgan fingerprint density at radius 1 is 1.54 bits per heavy atom. The van der Waals surface area contributed by atoms with Crippen molar-refractivity contribution in [1.29, 1.82) is 0 Å². The first-order chi connectivity index (χ1) is 5.97. The summed E-state index contributed by atoms with van der Waals surface area (Å²) in [7, 11) is -1.88. The molecule has 0 saturated heterocycles. The summed E-state index contributed by atoms with van der Waals surface area (Å²) >= 11 is 0. The van der Waals surface area contributed by atoms with Gasteiger partial charge in [0.1, 0.15) is 0 Å². The average Bonchev–Trinajstić information content (AvgIpc) is 2.13. The van der Waals surface area contributed by atoms with Gasteiger partial charge in [0.05, 0.1) is 0 Å². The second-order valence-corrected chi connectivity index (χ2v) is 4.88. The first-order valence-electron chi connectivity index (χ1n) is 4.36. The molecule has 0 aliphatic heterocycles. The normalized spacial score (nSPS) is 14.8. The zero-order valence-electron chi connectivity index (χ0n) is 8.45. The van der Waals surface area contributed by atoms with Crippen molar-refractivity contribution in [2.75, 3.05) is 26.7 Å². The van der Waals surface area contributed by atoms with Gasteiger partial charge in [-0.15, -0.1) is 0 Å². The van der Waals surface area contributed by atoms with Crippen LogP contribution in [0.2, 0.25) is 0 Å². The zero-order valence-corrected chi connectivity index (χ0v) is 9.26. The van der Waals surface area contributed by atoms with Crippen molar-refractivity contribution in [3.8, 4) is 0 Å².